The summed E-state index contributed by atoms with van der Waals surface area (Å²) in [4.78, 5) is 13.0. The second-order valence-electron chi connectivity index (χ2n) is 5.03. The Morgan fingerprint density at radius 1 is 1.48 bits per heavy atom. The van der Waals surface area contributed by atoms with Crippen LogP contribution in [0.25, 0.3) is 0 Å². The van der Waals surface area contributed by atoms with E-state index in [0.717, 1.165) is 59.1 Å². The lowest BCUT2D eigenvalue weighted by atomic mass is 10.1. The maximum Gasteiger partial charge on any atom is 0.129 e. The molecule has 1 aliphatic rings. The minimum Gasteiger partial charge on any atom is -0.381 e. The largest absolute Gasteiger partial charge is 0.381 e. The van der Waals surface area contributed by atoms with Crippen LogP contribution in [-0.4, -0.2) is 34.7 Å². The highest BCUT2D eigenvalue weighted by Crippen LogP contribution is 2.25. The van der Waals surface area contributed by atoms with E-state index < -0.39 is 0 Å². The Morgan fingerprint density at radius 3 is 3.10 bits per heavy atom. The molecule has 2 aromatic heterocycles. The van der Waals surface area contributed by atoms with Gasteiger partial charge in [0, 0.05) is 31.6 Å². The van der Waals surface area contributed by atoms with Crippen LogP contribution in [0.3, 0.4) is 0 Å². The summed E-state index contributed by atoms with van der Waals surface area (Å²) in [5, 5.41) is 4.36. The van der Waals surface area contributed by atoms with Crippen LogP contribution >= 0.6 is 22.9 Å². The molecule has 0 bridgehead atoms. The summed E-state index contributed by atoms with van der Waals surface area (Å²) in [6.45, 7) is 4.28. The second-order valence-corrected chi connectivity index (χ2v) is 6.72. The van der Waals surface area contributed by atoms with Crippen molar-refractivity contribution in [2.24, 2.45) is 0 Å². The summed E-state index contributed by atoms with van der Waals surface area (Å²) in [6.07, 6.45) is 3.48. The molecular formula is C14H17ClN4OS. The highest BCUT2D eigenvalue weighted by molar-refractivity contribution is 7.16. The third-order valence-corrected chi connectivity index (χ3v) is 4.98. The zero-order valence-corrected chi connectivity index (χ0v) is 13.4. The maximum atomic E-state index is 6.02. The number of hydrogen-bond acceptors (Lipinski definition) is 6. The fourth-order valence-corrected chi connectivity index (χ4v) is 3.39. The number of aryl methyl sites for hydroxylation is 1. The number of hydrogen-bond donors (Lipinski definition) is 1. The lowest BCUT2D eigenvalue weighted by molar-refractivity contribution is 0.193. The Bertz CT molecular complexity index is 593. The van der Waals surface area contributed by atoms with Gasteiger partial charge in [-0.05, 0) is 13.3 Å². The van der Waals surface area contributed by atoms with Crippen molar-refractivity contribution in [2.75, 3.05) is 25.1 Å². The molecule has 0 aliphatic carbocycles. The number of halogens is 1. The highest BCUT2D eigenvalue weighted by Gasteiger charge is 2.19. The van der Waals surface area contributed by atoms with Gasteiger partial charge >= 0.3 is 0 Å². The molecule has 1 aliphatic heterocycles. The molecule has 1 atom stereocenters. The topological polar surface area (TPSA) is 59.9 Å². The number of nitrogens with one attached hydrogen (secondary N) is 1. The zero-order valence-electron chi connectivity index (χ0n) is 11.8. The molecule has 112 valence electrons. The molecule has 21 heavy (non-hydrogen) atoms. The van der Waals surface area contributed by atoms with Gasteiger partial charge in [-0.2, -0.15) is 0 Å². The van der Waals surface area contributed by atoms with Crippen LogP contribution in [0.15, 0.2) is 12.4 Å². The Labute approximate surface area is 132 Å². The molecule has 0 unspecified atom stereocenters. The van der Waals surface area contributed by atoms with Crippen molar-refractivity contribution in [1.29, 1.82) is 0 Å². The number of rotatable bonds is 5. The third-order valence-electron chi connectivity index (χ3n) is 3.47. The molecule has 7 heteroatoms. The van der Waals surface area contributed by atoms with Crippen molar-refractivity contribution in [3.63, 3.8) is 0 Å². The summed E-state index contributed by atoms with van der Waals surface area (Å²) < 4.78 is 6.18. The van der Waals surface area contributed by atoms with Crippen molar-refractivity contribution < 1.29 is 4.74 Å². The summed E-state index contributed by atoms with van der Waals surface area (Å²) in [6, 6.07) is 2.01. The molecule has 2 aromatic rings. The SMILES string of the molecule is Cc1nc(CCNc2cc([C@@H]3CCOC3)ncn2)sc1Cl. The minimum atomic E-state index is 0.397. The van der Waals surface area contributed by atoms with E-state index in [0.29, 0.717) is 5.92 Å². The van der Waals surface area contributed by atoms with Crippen LogP contribution in [0.4, 0.5) is 5.82 Å². The fraction of sp³-hybridized carbons (Fsp3) is 0.500. The van der Waals surface area contributed by atoms with Crippen molar-refractivity contribution in [3.05, 3.63) is 33.1 Å². The monoisotopic (exact) mass is 324 g/mol. The molecule has 3 rings (SSSR count). The van der Waals surface area contributed by atoms with Gasteiger partial charge in [-0.3, -0.25) is 0 Å². The average Bonchev–Trinajstić information content (AvgIpc) is 3.10. The van der Waals surface area contributed by atoms with E-state index in [2.05, 4.69) is 20.3 Å². The van der Waals surface area contributed by atoms with Gasteiger partial charge in [0.15, 0.2) is 0 Å². The summed E-state index contributed by atoms with van der Waals surface area (Å²) in [7, 11) is 0. The third kappa shape index (κ3) is 3.70. The number of anilines is 1. The molecule has 3 heterocycles. The average molecular weight is 325 g/mol. The van der Waals surface area contributed by atoms with E-state index in [1.807, 2.05) is 13.0 Å². The quantitative estimate of drug-likeness (QED) is 0.916. The van der Waals surface area contributed by atoms with Gasteiger partial charge in [0.1, 0.15) is 16.5 Å². The first kappa shape index (κ1) is 14.7. The van der Waals surface area contributed by atoms with Crippen molar-refractivity contribution in [3.8, 4) is 0 Å². The van der Waals surface area contributed by atoms with E-state index in [1.165, 1.54) is 11.3 Å². The molecule has 5 nitrogen and oxygen atoms in total. The number of aromatic nitrogens is 3. The fourth-order valence-electron chi connectivity index (χ4n) is 2.30. The van der Waals surface area contributed by atoms with Crippen LogP contribution in [0.5, 0.6) is 0 Å². The van der Waals surface area contributed by atoms with E-state index in [-0.39, 0.29) is 0 Å². The Kier molecular flexibility index (Phi) is 4.67. The van der Waals surface area contributed by atoms with Crippen LogP contribution in [0.2, 0.25) is 4.34 Å². The first-order chi connectivity index (χ1) is 10.2. The Morgan fingerprint density at radius 2 is 2.38 bits per heavy atom. The molecule has 0 spiro atoms. The van der Waals surface area contributed by atoms with Gasteiger partial charge in [-0.25, -0.2) is 15.0 Å². The number of ether oxygens (including phenoxy) is 1. The first-order valence-electron chi connectivity index (χ1n) is 6.98. The van der Waals surface area contributed by atoms with E-state index in [1.54, 1.807) is 6.33 Å². The molecule has 1 fully saturated rings. The standard InChI is InChI=1S/C14H17ClN4OS/c1-9-14(15)21-13(19-9)2-4-16-12-6-11(17-8-18-12)10-3-5-20-7-10/h6,8,10H,2-5,7H2,1H3,(H,16,17,18)/t10-/m1/s1. The smallest absolute Gasteiger partial charge is 0.129 e. The van der Waals surface area contributed by atoms with E-state index in [9.17, 15) is 0 Å². The van der Waals surface area contributed by atoms with Gasteiger partial charge in [-0.1, -0.05) is 11.6 Å². The number of nitrogens with zero attached hydrogens (tertiary/aromatic N) is 3. The summed E-state index contributed by atoms with van der Waals surface area (Å²) >= 11 is 7.56. The van der Waals surface area contributed by atoms with Crippen molar-refractivity contribution >= 4 is 28.8 Å². The zero-order chi connectivity index (χ0) is 14.7. The number of thiazole rings is 1. The van der Waals surface area contributed by atoms with Gasteiger partial charge in [0.2, 0.25) is 0 Å². The lowest BCUT2D eigenvalue weighted by Gasteiger charge is -2.09. The molecular weight excluding hydrogens is 308 g/mol. The van der Waals surface area contributed by atoms with Crippen LogP contribution in [0, 0.1) is 6.92 Å². The molecule has 0 amide bonds. The van der Waals surface area contributed by atoms with Gasteiger partial charge in [0.25, 0.3) is 0 Å². The summed E-state index contributed by atoms with van der Waals surface area (Å²) in [5.41, 5.74) is 1.96. The normalized spacial score (nSPS) is 18.1. The predicted octanol–water partition coefficient (Wildman–Crippen LogP) is 3.05. The highest BCUT2D eigenvalue weighted by atomic mass is 35.5. The molecule has 1 N–H and O–H groups in total. The molecule has 0 radical (unpaired) electrons. The van der Waals surface area contributed by atoms with Crippen LogP contribution in [0.1, 0.15) is 28.7 Å². The molecule has 1 saturated heterocycles. The van der Waals surface area contributed by atoms with Gasteiger partial charge in [-0.15, -0.1) is 11.3 Å². The summed E-state index contributed by atoms with van der Waals surface area (Å²) in [5.74, 6) is 1.25. The predicted molar refractivity (Wildman–Crippen MR) is 84.3 cm³/mol. The Balaban J connectivity index is 1.56. The van der Waals surface area contributed by atoms with E-state index >= 15 is 0 Å². The van der Waals surface area contributed by atoms with Crippen molar-refractivity contribution in [2.45, 2.75) is 25.7 Å². The van der Waals surface area contributed by atoms with Gasteiger partial charge < -0.3 is 10.1 Å². The Hall–Kier alpha value is -1.24. The first-order valence-corrected chi connectivity index (χ1v) is 8.17. The van der Waals surface area contributed by atoms with Crippen LogP contribution < -0.4 is 5.32 Å². The van der Waals surface area contributed by atoms with Gasteiger partial charge in [0.05, 0.1) is 23.0 Å². The van der Waals surface area contributed by atoms with Crippen LogP contribution in [-0.2, 0) is 11.2 Å². The van der Waals surface area contributed by atoms with E-state index in [4.69, 9.17) is 16.3 Å². The minimum absolute atomic E-state index is 0.397. The van der Waals surface area contributed by atoms with Crippen molar-refractivity contribution in [1.82, 2.24) is 15.0 Å². The maximum absolute atomic E-state index is 6.02. The second kappa shape index (κ2) is 6.68. The lowest BCUT2D eigenvalue weighted by Crippen LogP contribution is -2.08. The molecule has 0 saturated carbocycles. The molecule has 0 aromatic carbocycles.